The second kappa shape index (κ2) is 10.5. The number of benzene rings is 2. The van der Waals surface area contributed by atoms with Gasteiger partial charge in [0.25, 0.3) is 5.91 Å². The molecule has 0 radical (unpaired) electrons. The van der Waals surface area contributed by atoms with Crippen LogP contribution < -0.4 is 10.6 Å². The summed E-state index contributed by atoms with van der Waals surface area (Å²) in [6.07, 6.45) is 0.225. The maximum absolute atomic E-state index is 11.9. The van der Waals surface area contributed by atoms with Gasteiger partial charge in [-0.3, -0.25) is 14.4 Å². The number of hydrogen-bond acceptors (Lipinski definition) is 5. The average molecular weight is 401 g/mol. The first-order valence-corrected chi connectivity index (χ1v) is 9.85. The number of hydrogen-bond donors (Lipinski definition) is 2. The van der Waals surface area contributed by atoms with E-state index in [1.165, 1.54) is 18.1 Å². The minimum atomic E-state index is -0.435. The quantitative estimate of drug-likeness (QED) is 0.518. The fraction of sp³-hybridized carbons (Fsp3) is 0.286. The normalized spacial score (nSPS) is 10.2. The third-order valence-corrected chi connectivity index (χ3v) is 4.88. The maximum atomic E-state index is 11.9. The van der Waals surface area contributed by atoms with E-state index in [1.54, 1.807) is 36.0 Å². The number of carbonyl (C=O) groups is 3. The molecule has 2 aromatic carbocycles. The number of carbonyl (C=O) groups excluding carboxylic acids is 3. The molecular formula is C21H24N2O4S. The molecule has 0 aromatic heterocycles. The van der Waals surface area contributed by atoms with E-state index in [1.807, 2.05) is 6.07 Å². The molecule has 0 heterocycles. The number of anilines is 2. The van der Waals surface area contributed by atoms with Crippen LogP contribution >= 0.6 is 11.8 Å². The van der Waals surface area contributed by atoms with Crippen molar-refractivity contribution < 1.29 is 19.1 Å². The van der Waals surface area contributed by atoms with E-state index in [9.17, 15) is 14.4 Å². The molecule has 0 fully saturated rings. The molecule has 6 nitrogen and oxygen atoms in total. The molecule has 148 valence electrons. The number of amides is 2. The molecular weight excluding hydrogens is 376 g/mol. The SMILES string of the molecule is CC(=O)Nc1cccc(NC(=O)COC(=O)CCSc2ccc(C)c(C)c2)c1. The Bertz CT molecular complexity index is 867. The number of aryl methyl sites for hydroxylation is 2. The van der Waals surface area contributed by atoms with Gasteiger partial charge in [0.15, 0.2) is 6.61 Å². The van der Waals surface area contributed by atoms with Crippen LogP contribution in [0, 0.1) is 13.8 Å². The van der Waals surface area contributed by atoms with Gasteiger partial charge in [-0.25, -0.2) is 0 Å². The Balaban J connectivity index is 1.71. The highest BCUT2D eigenvalue weighted by Gasteiger charge is 2.09. The summed E-state index contributed by atoms with van der Waals surface area (Å²) < 4.78 is 5.02. The molecule has 2 amide bonds. The molecule has 2 aromatic rings. The van der Waals surface area contributed by atoms with Crippen molar-refractivity contribution in [2.75, 3.05) is 23.0 Å². The van der Waals surface area contributed by atoms with Gasteiger partial charge < -0.3 is 15.4 Å². The van der Waals surface area contributed by atoms with Crippen LogP contribution in [0.3, 0.4) is 0 Å². The lowest BCUT2D eigenvalue weighted by molar-refractivity contribution is -0.146. The molecule has 0 atom stereocenters. The van der Waals surface area contributed by atoms with Crippen LogP contribution in [0.4, 0.5) is 11.4 Å². The van der Waals surface area contributed by atoms with Gasteiger partial charge >= 0.3 is 5.97 Å². The molecule has 0 saturated heterocycles. The third kappa shape index (κ3) is 7.44. The highest BCUT2D eigenvalue weighted by Crippen LogP contribution is 2.21. The Hall–Kier alpha value is -2.80. The highest BCUT2D eigenvalue weighted by molar-refractivity contribution is 7.99. The van der Waals surface area contributed by atoms with Crippen molar-refractivity contribution in [1.29, 1.82) is 0 Å². The molecule has 28 heavy (non-hydrogen) atoms. The van der Waals surface area contributed by atoms with Crippen molar-refractivity contribution in [3.05, 3.63) is 53.6 Å². The van der Waals surface area contributed by atoms with E-state index < -0.39 is 11.9 Å². The molecule has 0 spiro atoms. The molecule has 2 N–H and O–H groups in total. The molecule has 7 heteroatoms. The predicted molar refractivity (Wildman–Crippen MR) is 112 cm³/mol. The summed E-state index contributed by atoms with van der Waals surface area (Å²) in [4.78, 5) is 35.9. The fourth-order valence-electron chi connectivity index (χ4n) is 2.35. The lowest BCUT2D eigenvalue weighted by atomic mass is 10.1. The molecule has 0 bridgehead atoms. The van der Waals surface area contributed by atoms with Crippen molar-refractivity contribution in [2.24, 2.45) is 0 Å². The van der Waals surface area contributed by atoms with Crippen molar-refractivity contribution in [3.8, 4) is 0 Å². The van der Waals surface area contributed by atoms with Crippen LogP contribution in [0.25, 0.3) is 0 Å². The van der Waals surface area contributed by atoms with Gasteiger partial charge in [0.1, 0.15) is 0 Å². The minimum absolute atomic E-state index is 0.198. The van der Waals surface area contributed by atoms with Gasteiger partial charge in [0, 0.05) is 28.9 Å². The Labute approximate surface area is 169 Å². The standard InChI is InChI=1S/C21H24N2O4S/c1-14-7-8-19(11-15(14)2)28-10-9-21(26)27-13-20(25)23-18-6-4-5-17(12-18)22-16(3)24/h4-8,11-12H,9-10,13H2,1-3H3,(H,22,24)(H,23,25). The summed E-state index contributed by atoms with van der Waals surface area (Å²) in [5.74, 6) is -0.466. The number of ether oxygens (including phenoxy) is 1. The van der Waals surface area contributed by atoms with Crippen molar-refractivity contribution in [1.82, 2.24) is 0 Å². The van der Waals surface area contributed by atoms with Gasteiger partial charge in [-0.2, -0.15) is 0 Å². The molecule has 0 aliphatic carbocycles. The third-order valence-electron chi connectivity index (χ3n) is 3.88. The summed E-state index contributed by atoms with van der Waals surface area (Å²) in [6.45, 7) is 5.17. The Morgan fingerprint density at radius 3 is 2.36 bits per heavy atom. The van der Waals surface area contributed by atoms with Crippen LogP contribution in [0.5, 0.6) is 0 Å². The maximum Gasteiger partial charge on any atom is 0.307 e. The highest BCUT2D eigenvalue weighted by atomic mass is 32.2. The first kappa shape index (κ1) is 21.5. The molecule has 0 aliphatic heterocycles. The summed E-state index contributed by atoms with van der Waals surface area (Å²) in [5, 5.41) is 5.27. The summed E-state index contributed by atoms with van der Waals surface area (Å²) in [6, 6.07) is 12.9. The molecule has 0 unspecified atom stereocenters. The Morgan fingerprint density at radius 1 is 0.964 bits per heavy atom. The van der Waals surface area contributed by atoms with Gasteiger partial charge in [-0.15, -0.1) is 11.8 Å². The first-order valence-electron chi connectivity index (χ1n) is 8.86. The van der Waals surface area contributed by atoms with E-state index in [4.69, 9.17) is 4.74 Å². The van der Waals surface area contributed by atoms with Crippen LogP contribution in [0.1, 0.15) is 24.5 Å². The smallest absolute Gasteiger partial charge is 0.307 e. The molecule has 2 rings (SSSR count). The minimum Gasteiger partial charge on any atom is -0.456 e. The van der Waals surface area contributed by atoms with E-state index in [-0.39, 0.29) is 18.9 Å². The van der Waals surface area contributed by atoms with Crippen LogP contribution in [-0.4, -0.2) is 30.1 Å². The van der Waals surface area contributed by atoms with E-state index >= 15 is 0 Å². The summed E-state index contributed by atoms with van der Waals surface area (Å²) in [7, 11) is 0. The monoisotopic (exact) mass is 400 g/mol. The number of nitrogens with one attached hydrogen (secondary N) is 2. The Kier molecular flexibility index (Phi) is 8.07. The fourth-order valence-corrected chi connectivity index (χ4v) is 3.28. The number of esters is 1. The van der Waals surface area contributed by atoms with E-state index in [0.717, 1.165) is 4.90 Å². The van der Waals surface area contributed by atoms with Gasteiger partial charge in [0.05, 0.1) is 6.42 Å². The zero-order valence-electron chi connectivity index (χ0n) is 16.2. The van der Waals surface area contributed by atoms with Crippen molar-refractivity contribution in [2.45, 2.75) is 32.1 Å². The van der Waals surface area contributed by atoms with E-state index in [0.29, 0.717) is 17.1 Å². The summed E-state index contributed by atoms with van der Waals surface area (Å²) in [5.41, 5.74) is 3.53. The van der Waals surface area contributed by atoms with Crippen LogP contribution in [-0.2, 0) is 19.1 Å². The molecule has 0 aliphatic rings. The Morgan fingerprint density at radius 2 is 1.68 bits per heavy atom. The van der Waals surface area contributed by atoms with Crippen LogP contribution in [0.2, 0.25) is 0 Å². The second-order valence-corrected chi connectivity index (χ2v) is 7.48. The van der Waals surface area contributed by atoms with Gasteiger partial charge in [-0.1, -0.05) is 12.1 Å². The summed E-state index contributed by atoms with van der Waals surface area (Å²) >= 11 is 1.58. The largest absolute Gasteiger partial charge is 0.456 e. The van der Waals surface area contributed by atoms with Crippen molar-refractivity contribution in [3.63, 3.8) is 0 Å². The number of rotatable bonds is 8. The molecule has 0 saturated carbocycles. The van der Waals surface area contributed by atoms with Gasteiger partial charge in [-0.05, 0) is 55.3 Å². The number of thioether (sulfide) groups is 1. The lowest BCUT2D eigenvalue weighted by Gasteiger charge is -2.09. The predicted octanol–water partition coefficient (Wildman–Crippen LogP) is 3.93. The lowest BCUT2D eigenvalue weighted by Crippen LogP contribution is -2.21. The topological polar surface area (TPSA) is 84.5 Å². The van der Waals surface area contributed by atoms with Gasteiger partial charge in [0.2, 0.25) is 5.91 Å². The van der Waals surface area contributed by atoms with Crippen LogP contribution in [0.15, 0.2) is 47.4 Å². The second-order valence-electron chi connectivity index (χ2n) is 6.32. The van der Waals surface area contributed by atoms with Crippen molar-refractivity contribution >= 4 is 40.9 Å². The van der Waals surface area contributed by atoms with E-state index in [2.05, 4.69) is 36.6 Å². The average Bonchev–Trinajstić information content (AvgIpc) is 2.63. The zero-order valence-corrected chi connectivity index (χ0v) is 17.0. The zero-order chi connectivity index (χ0) is 20.5. The first-order chi connectivity index (χ1) is 13.3.